The Morgan fingerprint density at radius 1 is 1.14 bits per heavy atom. The first-order valence-electron chi connectivity index (χ1n) is 6.09. The number of hydrogen-bond acceptors (Lipinski definition) is 3. The van der Waals surface area contributed by atoms with Crippen LogP contribution in [0.3, 0.4) is 0 Å². The predicted molar refractivity (Wildman–Crippen MR) is 78.1 cm³/mol. The topological polar surface area (TPSA) is 76.6 Å². The fourth-order valence-corrected chi connectivity index (χ4v) is 1.75. The molecule has 0 atom stereocenters. The molecule has 1 amide bonds. The molecule has 2 aromatic rings. The number of hydrogen-bond donors (Lipinski definition) is 1. The molecule has 0 aliphatic carbocycles. The van der Waals surface area contributed by atoms with E-state index in [-0.39, 0.29) is 18.0 Å². The highest BCUT2D eigenvalue weighted by molar-refractivity contribution is 5.92. The van der Waals surface area contributed by atoms with E-state index in [4.69, 9.17) is 6.57 Å². The number of carbonyl (C=O) groups is 1. The van der Waals surface area contributed by atoms with Crippen molar-refractivity contribution < 1.29 is 9.72 Å². The molecule has 6 heteroatoms. The molecule has 0 spiro atoms. The number of benzene rings is 2. The smallest absolute Gasteiger partial charge is 0.269 e. The van der Waals surface area contributed by atoms with E-state index in [9.17, 15) is 14.9 Å². The van der Waals surface area contributed by atoms with Gasteiger partial charge in [0, 0.05) is 17.8 Å². The Morgan fingerprint density at radius 3 is 2.29 bits per heavy atom. The summed E-state index contributed by atoms with van der Waals surface area (Å²) in [6, 6.07) is 12.4. The summed E-state index contributed by atoms with van der Waals surface area (Å²) in [6.07, 6.45) is 0.128. The summed E-state index contributed by atoms with van der Waals surface area (Å²) in [4.78, 5) is 25.2. The lowest BCUT2D eigenvalue weighted by Gasteiger charge is -2.05. The molecule has 0 bridgehead atoms. The summed E-state index contributed by atoms with van der Waals surface area (Å²) in [5.41, 5.74) is 1.79. The first-order valence-corrected chi connectivity index (χ1v) is 6.09. The molecule has 0 aliphatic rings. The number of non-ortho nitro benzene ring substituents is 1. The Kier molecular flexibility index (Phi) is 4.26. The van der Waals surface area contributed by atoms with Crippen molar-refractivity contribution in [3.63, 3.8) is 0 Å². The van der Waals surface area contributed by atoms with E-state index < -0.39 is 4.92 Å². The third-order valence-electron chi connectivity index (χ3n) is 2.79. The molecule has 104 valence electrons. The van der Waals surface area contributed by atoms with E-state index in [1.54, 1.807) is 36.4 Å². The second kappa shape index (κ2) is 6.30. The number of nitro groups is 1. The van der Waals surface area contributed by atoms with Crippen LogP contribution in [0.15, 0.2) is 48.5 Å². The van der Waals surface area contributed by atoms with Gasteiger partial charge in [-0.2, -0.15) is 0 Å². The molecule has 0 saturated heterocycles. The lowest BCUT2D eigenvalue weighted by atomic mass is 10.1. The van der Waals surface area contributed by atoms with Gasteiger partial charge in [-0.05, 0) is 17.7 Å². The van der Waals surface area contributed by atoms with Crippen molar-refractivity contribution in [3.05, 3.63) is 75.6 Å². The average molecular weight is 281 g/mol. The molecule has 0 radical (unpaired) electrons. The van der Waals surface area contributed by atoms with Crippen molar-refractivity contribution in [1.29, 1.82) is 0 Å². The zero-order valence-corrected chi connectivity index (χ0v) is 10.9. The number of nitrogens with one attached hydrogen (secondary N) is 1. The van der Waals surface area contributed by atoms with Crippen molar-refractivity contribution in [3.8, 4) is 0 Å². The highest BCUT2D eigenvalue weighted by Gasteiger charge is 2.07. The lowest BCUT2D eigenvalue weighted by molar-refractivity contribution is -0.384. The normalized spacial score (nSPS) is 9.67. The number of amides is 1. The predicted octanol–water partition coefficient (Wildman–Crippen LogP) is 3.33. The molecule has 0 fully saturated rings. The molecular weight excluding hydrogens is 270 g/mol. The van der Waals surface area contributed by atoms with Gasteiger partial charge in [0.15, 0.2) is 5.69 Å². The molecule has 0 unspecified atom stereocenters. The van der Waals surface area contributed by atoms with E-state index in [0.29, 0.717) is 16.9 Å². The van der Waals surface area contributed by atoms with Crippen LogP contribution in [0.1, 0.15) is 5.56 Å². The molecular formula is C15H11N3O3. The number of rotatable bonds is 4. The highest BCUT2D eigenvalue weighted by Crippen LogP contribution is 2.17. The Morgan fingerprint density at radius 2 is 1.76 bits per heavy atom. The minimum atomic E-state index is -0.483. The summed E-state index contributed by atoms with van der Waals surface area (Å²) in [5, 5.41) is 13.2. The molecule has 6 nitrogen and oxygen atoms in total. The molecule has 0 aromatic heterocycles. The van der Waals surface area contributed by atoms with Crippen LogP contribution in [-0.4, -0.2) is 10.8 Å². The van der Waals surface area contributed by atoms with E-state index in [1.807, 2.05) is 0 Å². The van der Waals surface area contributed by atoms with Gasteiger partial charge in [-0.1, -0.05) is 24.3 Å². The summed E-state index contributed by atoms with van der Waals surface area (Å²) in [5.74, 6) is -0.223. The van der Waals surface area contributed by atoms with E-state index in [0.717, 1.165) is 0 Å². The first kappa shape index (κ1) is 14.2. The molecule has 1 N–H and O–H groups in total. The zero-order chi connectivity index (χ0) is 15.2. The molecule has 21 heavy (non-hydrogen) atoms. The number of carbonyl (C=O) groups excluding carboxylic acids is 1. The summed E-state index contributed by atoms with van der Waals surface area (Å²) in [6.45, 7) is 6.84. The monoisotopic (exact) mass is 281 g/mol. The first-order chi connectivity index (χ1) is 10.1. The minimum Gasteiger partial charge on any atom is -0.326 e. The van der Waals surface area contributed by atoms with Crippen LogP contribution >= 0.6 is 0 Å². The van der Waals surface area contributed by atoms with Gasteiger partial charge >= 0.3 is 0 Å². The van der Waals surface area contributed by atoms with Crippen LogP contribution in [0.25, 0.3) is 4.85 Å². The Bertz CT molecular complexity index is 700. The standard InChI is InChI=1S/C15H11N3O3/c1-16-12-4-6-13(7-5-12)17-15(19)10-11-2-8-14(9-3-11)18(20)21/h2-9H,10H2,(H,17,19). The summed E-state index contributed by atoms with van der Waals surface area (Å²) >= 11 is 0. The zero-order valence-electron chi connectivity index (χ0n) is 10.9. The summed E-state index contributed by atoms with van der Waals surface area (Å²) < 4.78 is 0. The maximum Gasteiger partial charge on any atom is 0.269 e. The van der Waals surface area contributed by atoms with Gasteiger partial charge in [-0.15, -0.1) is 0 Å². The van der Waals surface area contributed by atoms with Crippen LogP contribution in [0.5, 0.6) is 0 Å². The molecule has 2 aromatic carbocycles. The van der Waals surface area contributed by atoms with Gasteiger partial charge in [0.05, 0.1) is 17.9 Å². The van der Waals surface area contributed by atoms with Gasteiger partial charge in [0.1, 0.15) is 0 Å². The quantitative estimate of drug-likeness (QED) is 0.530. The van der Waals surface area contributed by atoms with Crippen LogP contribution in [-0.2, 0) is 11.2 Å². The number of nitrogens with zero attached hydrogens (tertiary/aromatic N) is 2. The Labute approximate surface area is 121 Å². The van der Waals surface area contributed by atoms with Gasteiger partial charge in [0.2, 0.25) is 5.91 Å². The van der Waals surface area contributed by atoms with E-state index in [1.165, 1.54) is 12.1 Å². The third kappa shape index (κ3) is 3.88. The lowest BCUT2D eigenvalue weighted by Crippen LogP contribution is -2.14. The molecule has 0 aliphatic heterocycles. The molecule has 0 heterocycles. The van der Waals surface area contributed by atoms with Crippen molar-refractivity contribution in [1.82, 2.24) is 0 Å². The van der Waals surface area contributed by atoms with E-state index >= 15 is 0 Å². The largest absolute Gasteiger partial charge is 0.326 e. The highest BCUT2D eigenvalue weighted by atomic mass is 16.6. The Hall–Kier alpha value is -3.20. The summed E-state index contributed by atoms with van der Waals surface area (Å²) in [7, 11) is 0. The van der Waals surface area contributed by atoms with Crippen molar-refractivity contribution in [2.45, 2.75) is 6.42 Å². The SMILES string of the molecule is [C-]#[N+]c1ccc(NC(=O)Cc2ccc([N+](=O)[O-])cc2)cc1. The fraction of sp³-hybridized carbons (Fsp3) is 0.0667. The average Bonchev–Trinajstić information content (AvgIpc) is 2.48. The van der Waals surface area contributed by atoms with Crippen LogP contribution < -0.4 is 5.32 Å². The van der Waals surface area contributed by atoms with Crippen LogP contribution in [0.2, 0.25) is 0 Å². The van der Waals surface area contributed by atoms with Crippen LogP contribution in [0.4, 0.5) is 17.1 Å². The maximum absolute atomic E-state index is 11.8. The van der Waals surface area contributed by atoms with Crippen LogP contribution in [0, 0.1) is 16.7 Å². The van der Waals surface area contributed by atoms with Crippen molar-refractivity contribution in [2.24, 2.45) is 0 Å². The second-order valence-electron chi connectivity index (χ2n) is 4.31. The minimum absolute atomic E-state index is 0.00566. The van der Waals surface area contributed by atoms with Crippen molar-refractivity contribution >= 4 is 23.0 Å². The molecule has 2 rings (SSSR count). The van der Waals surface area contributed by atoms with Gasteiger partial charge in [-0.25, -0.2) is 4.85 Å². The number of anilines is 1. The second-order valence-corrected chi connectivity index (χ2v) is 4.31. The number of nitro benzene ring substituents is 1. The van der Waals surface area contributed by atoms with Gasteiger partial charge < -0.3 is 5.32 Å². The third-order valence-corrected chi connectivity index (χ3v) is 2.79. The van der Waals surface area contributed by atoms with Crippen molar-refractivity contribution in [2.75, 3.05) is 5.32 Å². The van der Waals surface area contributed by atoms with E-state index in [2.05, 4.69) is 10.2 Å². The Balaban J connectivity index is 1.97. The fourth-order valence-electron chi connectivity index (χ4n) is 1.75. The van der Waals surface area contributed by atoms with Gasteiger partial charge in [0.25, 0.3) is 5.69 Å². The van der Waals surface area contributed by atoms with Gasteiger partial charge in [-0.3, -0.25) is 14.9 Å². The maximum atomic E-state index is 11.8. The molecule has 0 saturated carbocycles.